The number of rotatable bonds is 6. The minimum Gasteiger partial charge on any atom is -0.495 e. The highest BCUT2D eigenvalue weighted by molar-refractivity contribution is 6.32. The molecular formula is C13H15ClN4O2. The number of aromatic amines is 1. The summed E-state index contributed by atoms with van der Waals surface area (Å²) in [5.74, 6) is 1.21. The monoisotopic (exact) mass is 294 g/mol. The number of nitrogens with one attached hydrogen (secondary N) is 2. The fourth-order valence-electron chi connectivity index (χ4n) is 1.71. The summed E-state index contributed by atoms with van der Waals surface area (Å²) in [4.78, 5) is 15.6. The van der Waals surface area contributed by atoms with Gasteiger partial charge in [0.15, 0.2) is 0 Å². The van der Waals surface area contributed by atoms with Crippen molar-refractivity contribution < 1.29 is 9.53 Å². The summed E-state index contributed by atoms with van der Waals surface area (Å²) in [5.41, 5.74) is 0.991. The Morgan fingerprint density at radius 3 is 3.00 bits per heavy atom. The Bertz CT molecular complexity index is 572. The smallest absolute Gasteiger partial charge is 0.220 e. The van der Waals surface area contributed by atoms with Crippen molar-refractivity contribution in [1.29, 1.82) is 0 Å². The lowest BCUT2D eigenvalue weighted by Gasteiger charge is -2.06. The highest BCUT2D eigenvalue weighted by Crippen LogP contribution is 2.25. The number of aromatic nitrogens is 3. The first-order chi connectivity index (χ1) is 9.69. The average Bonchev–Trinajstić information content (AvgIpc) is 2.96. The molecule has 0 radical (unpaired) electrons. The molecule has 2 N–H and O–H groups in total. The normalized spacial score (nSPS) is 10.3. The van der Waals surface area contributed by atoms with Gasteiger partial charge in [-0.25, -0.2) is 4.98 Å². The summed E-state index contributed by atoms with van der Waals surface area (Å²) in [6.45, 7) is 0.349. The van der Waals surface area contributed by atoms with Crippen LogP contribution in [-0.4, -0.2) is 28.2 Å². The van der Waals surface area contributed by atoms with E-state index in [9.17, 15) is 4.79 Å². The number of ether oxygens (including phenoxy) is 1. The van der Waals surface area contributed by atoms with Gasteiger partial charge in [0.2, 0.25) is 5.91 Å². The Morgan fingerprint density at radius 2 is 2.35 bits per heavy atom. The number of amides is 1. The maximum absolute atomic E-state index is 11.7. The number of hydrogen-bond donors (Lipinski definition) is 2. The molecule has 1 aromatic heterocycles. The lowest BCUT2D eigenvalue weighted by molar-refractivity contribution is -0.121. The van der Waals surface area contributed by atoms with Crippen LogP contribution >= 0.6 is 11.6 Å². The van der Waals surface area contributed by atoms with Gasteiger partial charge in [0.1, 0.15) is 17.9 Å². The van der Waals surface area contributed by atoms with E-state index < -0.39 is 0 Å². The molecule has 2 aromatic rings. The molecular weight excluding hydrogens is 280 g/mol. The van der Waals surface area contributed by atoms with Gasteiger partial charge in [0.05, 0.1) is 18.7 Å². The second kappa shape index (κ2) is 6.91. The fourth-order valence-corrected chi connectivity index (χ4v) is 1.99. The van der Waals surface area contributed by atoms with Crippen molar-refractivity contribution in [3.63, 3.8) is 0 Å². The quantitative estimate of drug-likeness (QED) is 0.850. The molecule has 0 saturated heterocycles. The molecule has 1 amide bonds. The highest BCUT2D eigenvalue weighted by atomic mass is 35.5. The fraction of sp³-hybridized carbons (Fsp3) is 0.308. The van der Waals surface area contributed by atoms with Crippen molar-refractivity contribution >= 4 is 17.5 Å². The van der Waals surface area contributed by atoms with Crippen molar-refractivity contribution in [2.75, 3.05) is 7.11 Å². The number of nitrogens with zero attached hydrogens (tertiary/aromatic N) is 2. The Kier molecular flexibility index (Phi) is 4.95. The van der Waals surface area contributed by atoms with Crippen LogP contribution in [0.25, 0.3) is 0 Å². The number of aryl methyl sites for hydroxylation is 1. The van der Waals surface area contributed by atoms with E-state index in [2.05, 4.69) is 20.5 Å². The SMILES string of the molecule is COc1ccc(CCC(=O)NCc2ncn[nH]2)cc1Cl. The van der Waals surface area contributed by atoms with Gasteiger partial charge in [-0.2, -0.15) is 5.10 Å². The Labute approximate surface area is 121 Å². The standard InChI is InChI=1S/C13H15ClN4O2/c1-20-11-4-2-9(6-10(11)14)3-5-13(19)15-7-12-16-8-17-18-12/h2,4,6,8H,3,5,7H2,1H3,(H,15,19)(H,16,17,18). The van der Waals surface area contributed by atoms with E-state index in [0.717, 1.165) is 5.56 Å². The zero-order chi connectivity index (χ0) is 14.4. The molecule has 0 bridgehead atoms. The van der Waals surface area contributed by atoms with E-state index in [1.54, 1.807) is 13.2 Å². The molecule has 6 nitrogen and oxygen atoms in total. The summed E-state index contributed by atoms with van der Waals surface area (Å²) < 4.78 is 5.08. The summed E-state index contributed by atoms with van der Waals surface area (Å²) in [6.07, 6.45) is 2.41. The molecule has 0 aliphatic rings. The number of methoxy groups -OCH3 is 1. The van der Waals surface area contributed by atoms with Crippen molar-refractivity contribution in [3.05, 3.63) is 40.9 Å². The molecule has 106 valence electrons. The van der Waals surface area contributed by atoms with Crippen molar-refractivity contribution in [1.82, 2.24) is 20.5 Å². The van der Waals surface area contributed by atoms with E-state index in [0.29, 0.717) is 36.0 Å². The molecule has 7 heteroatoms. The van der Waals surface area contributed by atoms with Crippen molar-refractivity contribution in [2.24, 2.45) is 0 Å². The van der Waals surface area contributed by atoms with Gasteiger partial charge in [-0.15, -0.1) is 0 Å². The maximum atomic E-state index is 11.7. The molecule has 0 aliphatic heterocycles. The summed E-state index contributed by atoms with van der Waals surface area (Å²) in [7, 11) is 1.57. The van der Waals surface area contributed by atoms with Crippen molar-refractivity contribution in [3.8, 4) is 5.75 Å². The third kappa shape index (κ3) is 3.96. The minimum absolute atomic E-state index is 0.0478. The van der Waals surface area contributed by atoms with Crippen LogP contribution in [0.5, 0.6) is 5.75 Å². The number of benzene rings is 1. The Balaban J connectivity index is 1.79. The number of H-pyrrole nitrogens is 1. The van der Waals surface area contributed by atoms with Gasteiger partial charge >= 0.3 is 0 Å². The lowest BCUT2D eigenvalue weighted by Crippen LogP contribution is -2.23. The molecule has 2 rings (SSSR count). The molecule has 0 spiro atoms. The molecule has 0 fully saturated rings. The number of carbonyl (C=O) groups is 1. The molecule has 1 heterocycles. The zero-order valence-electron chi connectivity index (χ0n) is 11.0. The molecule has 0 aliphatic carbocycles. The van der Waals surface area contributed by atoms with Crippen LogP contribution in [0.4, 0.5) is 0 Å². The molecule has 20 heavy (non-hydrogen) atoms. The topological polar surface area (TPSA) is 79.9 Å². The van der Waals surface area contributed by atoms with Gasteiger partial charge in [-0.1, -0.05) is 17.7 Å². The first-order valence-corrected chi connectivity index (χ1v) is 6.50. The Hall–Kier alpha value is -2.08. The highest BCUT2D eigenvalue weighted by Gasteiger charge is 2.06. The van der Waals surface area contributed by atoms with Crippen molar-refractivity contribution in [2.45, 2.75) is 19.4 Å². The van der Waals surface area contributed by atoms with Gasteiger partial charge in [-0.05, 0) is 24.1 Å². The van der Waals surface area contributed by atoms with Crippen LogP contribution in [0.15, 0.2) is 24.5 Å². The summed E-state index contributed by atoms with van der Waals surface area (Å²) >= 11 is 6.03. The molecule has 0 unspecified atom stereocenters. The first-order valence-electron chi connectivity index (χ1n) is 6.12. The third-order valence-corrected chi connectivity index (χ3v) is 3.07. The van der Waals surface area contributed by atoms with Crippen LogP contribution < -0.4 is 10.1 Å². The number of carbonyl (C=O) groups excluding carboxylic acids is 1. The second-order valence-electron chi connectivity index (χ2n) is 4.18. The van der Waals surface area contributed by atoms with Gasteiger partial charge in [0.25, 0.3) is 0 Å². The van der Waals surface area contributed by atoms with Crippen LogP contribution in [0.3, 0.4) is 0 Å². The molecule has 0 saturated carbocycles. The van der Waals surface area contributed by atoms with Crippen LogP contribution in [-0.2, 0) is 17.8 Å². The largest absolute Gasteiger partial charge is 0.495 e. The number of halogens is 1. The van der Waals surface area contributed by atoms with E-state index in [1.165, 1.54) is 6.33 Å². The summed E-state index contributed by atoms with van der Waals surface area (Å²) in [5, 5.41) is 9.70. The van der Waals surface area contributed by atoms with Crippen LogP contribution in [0.1, 0.15) is 17.8 Å². The van der Waals surface area contributed by atoms with Gasteiger partial charge < -0.3 is 10.1 Å². The van der Waals surface area contributed by atoms with E-state index in [4.69, 9.17) is 16.3 Å². The van der Waals surface area contributed by atoms with Gasteiger partial charge in [0, 0.05) is 6.42 Å². The Morgan fingerprint density at radius 1 is 1.50 bits per heavy atom. The van der Waals surface area contributed by atoms with E-state index >= 15 is 0 Å². The predicted octanol–water partition coefficient (Wildman–Crippen LogP) is 1.72. The molecule has 0 atom stereocenters. The summed E-state index contributed by atoms with van der Waals surface area (Å²) in [6, 6.07) is 5.50. The zero-order valence-corrected chi connectivity index (χ0v) is 11.8. The van der Waals surface area contributed by atoms with E-state index in [1.807, 2.05) is 12.1 Å². The van der Waals surface area contributed by atoms with E-state index in [-0.39, 0.29) is 5.91 Å². The first kappa shape index (κ1) is 14.3. The van der Waals surface area contributed by atoms with Crippen LogP contribution in [0, 0.1) is 0 Å². The second-order valence-corrected chi connectivity index (χ2v) is 4.58. The number of hydrogen-bond acceptors (Lipinski definition) is 4. The van der Waals surface area contributed by atoms with Gasteiger partial charge in [-0.3, -0.25) is 9.89 Å². The van der Waals surface area contributed by atoms with Crippen LogP contribution in [0.2, 0.25) is 5.02 Å². The predicted molar refractivity (Wildman–Crippen MR) is 74.6 cm³/mol. The third-order valence-electron chi connectivity index (χ3n) is 2.77. The average molecular weight is 295 g/mol. The minimum atomic E-state index is -0.0478. The molecule has 1 aromatic carbocycles. The lowest BCUT2D eigenvalue weighted by atomic mass is 10.1. The maximum Gasteiger partial charge on any atom is 0.220 e.